The average molecular weight is 416 g/mol. The second kappa shape index (κ2) is 8.09. The van der Waals surface area contributed by atoms with Crippen molar-refractivity contribution < 1.29 is 23.8 Å². The molecule has 1 unspecified atom stereocenters. The van der Waals surface area contributed by atoms with E-state index < -0.39 is 23.6 Å². The molecular formula is C22H19ClFNO4. The normalized spacial score (nSPS) is 12.0. The Morgan fingerprint density at radius 3 is 2.52 bits per heavy atom. The van der Waals surface area contributed by atoms with Crippen molar-refractivity contribution in [2.45, 2.75) is 19.3 Å². The topological polar surface area (TPSA) is 68.5 Å². The van der Waals surface area contributed by atoms with Crippen molar-refractivity contribution in [1.29, 1.82) is 0 Å². The zero-order chi connectivity index (χ0) is 21.3. The molecule has 3 rings (SSSR count). The molecule has 3 aromatic rings. The van der Waals surface area contributed by atoms with E-state index in [4.69, 9.17) is 16.3 Å². The SMILES string of the molecule is C=CCC(C(=O)O)c1c(C)n(C(=O)c2ccc(F)cc2)c2cc(Cl)c(OC)cc12. The highest BCUT2D eigenvalue weighted by Gasteiger charge is 2.29. The van der Waals surface area contributed by atoms with Gasteiger partial charge in [0.1, 0.15) is 11.6 Å². The number of ether oxygens (including phenoxy) is 1. The van der Waals surface area contributed by atoms with Gasteiger partial charge in [-0.15, -0.1) is 6.58 Å². The van der Waals surface area contributed by atoms with Gasteiger partial charge in [-0.05, 0) is 55.3 Å². The quantitative estimate of drug-likeness (QED) is 0.563. The maximum atomic E-state index is 13.3. The number of halogens is 2. The van der Waals surface area contributed by atoms with Gasteiger partial charge in [-0.1, -0.05) is 17.7 Å². The lowest BCUT2D eigenvalue weighted by Gasteiger charge is -2.12. The van der Waals surface area contributed by atoms with E-state index in [0.29, 0.717) is 27.9 Å². The van der Waals surface area contributed by atoms with E-state index in [1.165, 1.54) is 42.0 Å². The molecule has 7 heteroatoms. The third-order valence-electron chi connectivity index (χ3n) is 4.87. The van der Waals surface area contributed by atoms with Crippen LogP contribution in [0.2, 0.25) is 5.02 Å². The highest BCUT2D eigenvalue weighted by Crippen LogP contribution is 2.39. The Morgan fingerprint density at radius 2 is 1.97 bits per heavy atom. The maximum absolute atomic E-state index is 13.3. The zero-order valence-electron chi connectivity index (χ0n) is 15.9. The summed E-state index contributed by atoms with van der Waals surface area (Å²) in [6, 6.07) is 8.36. The fourth-order valence-electron chi connectivity index (χ4n) is 3.53. The van der Waals surface area contributed by atoms with Gasteiger partial charge in [-0.2, -0.15) is 0 Å². The van der Waals surface area contributed by atoms with Crippen LogP contribution in [0.25, 0.3) is 10.9 Å². The summed E-state index contributed by atoms with van der Waals surface area (Å²) in [6.07, 6.45) is 1.71. The monoisotopic (exact) mass is 415 g/mol. The van der Waals surface area contributed by atoms with E-state index in [1.807, 2.05) is 0 Å². The molecule has 150 valence electrons. The number of rotatable bonds is 6. The predicted molar refractivity (Wildman–Crippen MR) is 110 cm³/mol. The van der Waals surface area contributed by atoms with Crippen molar-refractivity contribution in [1.82, 2.24) is 4.57 Å². The molecule has 5 nitrogen and oxygen atoms in total. The summed E-state index contributed by atoms with van der Waals surface area (Å²) in [5.41, 5.74) is 1.67. The van der Waals surface area contributed by atoms with Crippen LogP contribution in [0, 0.1) is 12.7 Å². The molecule has 0 bridgehead atoms. The van der Waals surface area contributed by atoms with Gasteiger partial charge in [0.2, 0.25) is 0 Å². The lowest BCUT2D eigenvalue weighted by molar-refractivity contribution is -0.138. The second-order valence-corrected chi connectivity index (χ2v) is 6.97. The number of hydrogen-bond donors (Lipinski definition) is 1. The first kappa shape index (κ1) is 20.6. The number of carbonyl (C=O) groups is 2. The third-order valence-corrected chi connectivity index (χ3v) is 5.16. The molecule has 0 aliphatic heterocycles. The summed E-state index contributed by atoms with van der Waals surface area (Å²) in [6.45, 7) is 5.32. The first-order valence-corrected chi connectivity index (χ1v) is 9.20. The van der Waals surface area contributed by atoms with E-state index >= 15 is 0 Å². The molecule has 0 spiro atoms. The van der Waals surface area contributed by atoms with Gasteiger partial charge < -0.3 is 9.84 Å². The van der Waals surface area contributed by atoms with Crippen LogP contribution in [-0.4, -0.2) is 28.7 Å². The number of carbonyl (C=O) groups excluding carboxylic acids is 1. The second-order valence-electron chi connectivity index (χ2n) is 6.57. The Kier molecular flexibility index (Phi) is 5.75. The van der Waals surface area contributed by atoms with Crippen molar-refractivity contribution >= 4 is 34.4 Å². The van der Waals surface area contributed by atoms with Gasteiger partial charge in [0, 0.05) is 16.6 Å². The molecular weight excluding hydrogens is 397 g/mol. The number of methoxy groups -OCH3 is 1. The van der Waals surface area contributed by atoms with E-state index in [0.717, 1.165) is 0 Å². The van der Waals surface area contributed by atoms with Crippen LogP contribution in [0.5, 0.6) is 5.75 Å². The molecule has 0 aliphatic rings. The number of fused-ring (bicyclic) bond motifs is 1. The van der Waals surface area contributed by atoms with Gasteiger partial charge in [0.15, 0.2) is 0 Å². The smallest absolute Gasteiger partial charge is 0.311 e. The zero-order valence-corrected chi connectivity index (χ0v) is 16.7. The summed E-state index contributed by atoms with van der Waals surface area (Å²) in [5, 5.41) is 10.6. The number of allylic oxidation sites excluding steroid dienone is 1. The number of aromatic nitrogens is 1. The van der Waals surface area contributed by atoms with E-state index in [1.54, 1.807) is 19.1 Å². The Balaban J connectivity index is 2.35. The molecule has 0 saturated carbocycles. The highest BCUT2D eigenvalue weighted by atomic mass is 35.5. The minimum absolute atomic E-state index is 0.185. The minimum Gasteiger partial charge on any atom is -0.495 e. The van der Waals surface area contributed by atoms with Gasteiger partial charge in [0.25, 0.3) is 5.91 Å². The van der Waals surface area contributed by atoms with Crippen molar-refractivity contribution in [3.63, 3.8) is 0 Å². The number of aliphatic carboxylic acids is 1. The molecule has 1 N–H and O–H groups in total. The number of carboxylic acids is 1. The van der Waals surface area contributed by atoms with Crippen LogP contribution in [0.15, 0.2) is 49.1 Å². The first-order valence-electron chi connectivity index (χ1n) is 8.82. The molecule has 0 amide bonds. The van der Waals surface area contributed by atoms with E-state index in [9.17, 15) is 19.1 Å². The van der Waals surface area contributed by atoms with Crippen molar-refractivity contribution in [2.24, 2.45) is 0 Å². The molecule has 0 saturated heterocycles. The molecule has 1 aromatic heterocycles. The van der Waals surface area contributed by atoms with Crippen LogP contribution in [0.3, 0.4) is 0 Å². The average Bonchev–Trinajstić information content (AvgIpc) is 2.95. The number of nitrogens with zero attached hydrogens (tertiary/aromatic N) is 1. The lowest BCUT2D eigenvalue weighted by Crippen LogP contribution is -2.16. The summed E-state index contributed by atoms with van der Waals surface area (Å²) in [4.78, 5) is 25.2. The third kappa shape index (κ3) is 3.63. The fraction of sp³-hybridized carbons (Fsp3) is 0.182. The summed E-state index contributed by atoms with van der Waals surface area (Å²) in [7, 11) is 1.46. The van der Waals surface area contributed by atoms with Crippen LogP contribution < -0.4 is 4.74 Å². The molecule has 0 radical (unpaired) electrons. The Hall–Kier alpha value is -3.12. The van der Waals surface area contributed by atoms with Crippen LogP contribution in [-0.2, 0) is 4.79 Å². The fourth-order valence-corrected chi connectivity index (χ4v) is 3.76. The lowest BCUT2D eigenvalue weighted by atomic mass is 9.93. The Labute approximate surface area is 172 Å². The molecule has 1 heterocycles. The largest absolute Gasteiger partial charge is 0.495 e. The maximum Gasteiger partial charge on any atom is 0.311 e. The van der Waals surface area contributed by atoms with E-state index in [2.05, 4.69) is 6.58 Å². The molecule has 1 atom stereocenters. The van der Waals surface area contributed by atoms with Gasteiger partial charge in [-0.25, -0.2) is 4.39 Å². The highest BCUT2D eigenvalue weighted by molar-refractivity contribution is 6.33. The van der Waals surface area contributed by atoms with Gasteiger partial charge in [0.05, 0.1) is 23.6 Å². The van der Waals surface area contributed by atoms with Crippen molar-refractivity contribution in [3.05, 3.63) is 76.7 Å². The predicted octanol–water partition coefficient (Wildman–Crippen LogP) is 5.18. The number of carboxylic acid groups (broad SMARTS) is 1. The van der Waals surface area contributed by atoms with Crippen LogP contribution in [0.1, 0.15) is 34.0 Å². The number of benzene rings is 2. The van der Waals surface area contributed by atoms with Gasteiger partial charge in [-0.3, -0.25) is 14.2 Å². The van der Waals surface area contributed by atoms with Crippen molar-refractivity contribution in [3.8, 4) is 5.75 Å². The Morgan fingerprint density at radius 1 is 1.31 bits per heavy atom. The van der Waals surface area contributed by atoms with Crippen molar-refractivity contribution in [2.75, 3.05) is 7.11 Å². The van der Waals surface area contributed by atoms with Crippen LogP contribution in [0.4, 0.5) is 4.39 Å². The molecule has 0 fully saturated rings. The Bertz CT molecular complexity index is 1120. The molecule has 0 aliphatic carbocycles. The van der Waals surface area contributed by atoms with Gasteiger partial charge >= 0.3 is 5.97 Å². The summed E-state index contributed by atoms with van der Waals surface area (Å²) in [5.74, 6) is -2.43. The number of hydrogen-bond acceptors (Lipinski definition) is 3. The first-order chi connectivity index (χ1) is 13.8. The van der Waals surface area contributed by atoms with E-state index in [-0.39, 0.29) is 17.0 Å². The minimum atomic E-state index is -1.03. The summed E-state index contributed by atoms with van der Waals surface area (Å²) >= 11 is 6.28. The van der Waals surface area contributed by atoms with Crippen LogP contribution >= 0.6 is 11.6 Å². The summed E-state index contributed by atoms with van der Waals surface area (Å²) < 4.78 is 20.0. The standard InChI is InChI=1S/C22H19ClFNO4/c1-4-5-15(22(27)28)20-12(2)25(21(26)13-6-8-14(24)9-7-13)18-11-17(23)19(29-3)10-16(18)20/h4,6-11,15H,1,5H2,2-3H3,(H,27,28). The molecule has 2 aromatic carbocycles. The molecule has 29 heavy (non-hydrogen) atoms.